The van der Waals surface area contributed by atoms with Crippen molar-refractivity contribution in [1.82, 2.24) is 5.32 Å². The van der Waals surface area contributed by atoms with Crippen molar-refractivity contribution in [3.8, 4) is 0 Å². The number of carboxylic acids is 1. The van der Waals surface area contributed by atoms with Crippen molar-refractivity contribution in [2.45, 2.75) is 66.0 Å². The third-order valence-corrected chi connectivity index (χ3v) is 3.96. The Bertz CT molecular complexity index is 318. The Morgan fingerprint density at radius 2 is 1.75 bits per heavy atom. The highest BCUT2D eigenvalue weighted by molar-refractivity contribution is 5.82. The van der Waals surface area contributed by atoms with Gasteiger partial charge in [0.1, 0.15) is 0 Å². The molecule has 0 aromatic heterocycles. The molecule has 4 N–H and O–H groups in total. The van der Waals surface area contributed by atoms with E-state index < -0.39 is 12.0 Å². The van der Waals surface area contributed by atoms with Crippen LogP contribution in [0.2, 0.25) is 0 Å². The van der Waals surface area contributed by atoms with Crippen LogP contribution in [0.3, 0.4) is 0 Å². The molecule has 1 amide bonds. The van der Waals surface area contributed by atoms with Crippen LogP contribution in [0, 0.1) is 17.8 Å². The van der Waals surface area contributed by atoms with Gasteiger partial charge in [-0.05, 0) is 24.2 Å². The maximum atomic E-state index is 12.1. The highest BCUT2D eigenvalue weighted by Gasteiger charge is 2.27. The molecule has 0 aromatic carbocycles. The van der Waals surface area contributed by atoms with Crippen molar-refractivity contribution < 1.29 is 14.7 Å². The zero-order valence-corrected chi connectivity index (χ0v) is 13.3. The summed E-state index contributed by atoms with van der Waals surface area (Å²) >= 11 is 0. The van der Waals surface area contributed by atoms with E-state index in [1.807, 2.05) is 20.8 Å². The van der Waals surface area contributed by atoms with Gasteiger partial charge in [0.05, 0.1) is 12.5 Å². The molecule has 0 rings (SSSR count). The van der Waals surface area contributed by atoms with Gasteiger partial charge in [0.15, 0.2) is 0 Å². The van der Waals surface area contributed by atoms with Crippen LogP contribution >= 0.6 is 0 Å². The fourth-order valence-electron chi connectivity index (χ4n) is 2.23. The highest BCUT2D eigenvalue weighted by Crippen LogP contribution is 2.20. The summed E-state index contributed by atoms with van der Waals surface area (Å²) in [7, 11) is 0. The molecule has 4 atom stereocenters. The van der Waals surface area contributed by atoms with Gasteiger partial charge in [-0.25, -0.2) is 0 Å². The summed E-state index contributed by atoms with van der Waals surface area (Å²) in [6, 6.07) is -0.941. The molecule has 0 saturated heterocycles. The second-order valence-corrected chi connectivity index (χ2v) is 6.19. The maximum absolute atomic E-state index is 12.1. The number of nitrogens with two attached hydrogens (primary N) is 1. The first kappa shape index (κ1) is 18.9. The molecule has 5 nitrogen and oxygen atoms in total. The Morgan fingerprint density at radius 1 is 1.20 bits per heavy atom. The molecule has 0 spiro atoms. The molecule has 0 bridgehead atoms. The molecule has 0 saturated carbocycles. The van der Waals surface area contributed by atoms with Gasteiger partial charge < -0.3 is 16.2 Å². The van der Waals surface area contributed by atoms with E-state index in [1.54, 1.807) is 0 Å². The van der Waals surface area contributed by atoms with Crippen LogP contribution in [0.4, 0.5) is 0 Å². The van der Waals surface area contributed by atoms with Crippen molar-refractivity contribution in [2.24, 2.45) is 23.5 Å². The van der Waals surface area contributed by atoms with Crippen LogP contribution in [0.1, 0.15) is 53.9 Å². The zero-order valence-electron chi connectivity index (χ0n) is 13.3. The summed E-state index contributed by atoms with van der Waals surface area (Å²) in [6.07, 6.45) is 1.49. The molecule has 118 valence electrons. The molecule has 5 heteroatoms. The van der Waals surface area contributed by atoms with Gasteiger partial charge in [0.25, 0.3) is 0 Å². The zero-order chi connectivity index (χ0) is 15.9. The number of nitrogens with one attached hydrogen (secondary N) is 1. The average Bonchev–Trinajstić information content (AvgIpc) is 2.34. The first-order valence-corrected chi connectivity index (χ1v) is 7.46. The number of carboxylic acid groups (broad SMARTS) is 1. The van der Waals surface area contributed by atoms with Crippen molar-refractivity contribution in [3.05, 3.63) is 0 Å². The fraction of sp³-hybridized carbons (Fsp3) is 0.867. The second-order valence-electron chi connectivity index (χ2n) is 6.19. The van der Waals surface area contributed by atoms with Crippen molar-refractivity contribution in [3.63, 3.8) is 0 Å². The Hall–Kier alpha value is -1.10. The standard InChI is InChI=1S/C15H30N2O3/c1-6-10(4)11(5)13(8-14(18)19)17-15(20)12(16)7-9(2)3/h9-13H,6-8,16H2,1-5H3,(H,17,20)(H,18,19)/t10?,11?,12-,13?/m0/s1. The summed E-state index contributed by atoms with van der Waals surface area (Å²) in [5, 5.41) is 11.8. The van der Waals surface area contributed by atoms with Gasteiger partial charge in [-0.3, -0.25) is 9.59 Å². The molecule has 20 heavy (non-hydrogen) atoms. The maximum Gasteiger partial charge on any atom is 0.305 e. The third kappa shape index (κ3) is 6.89. The Labute approximate surface area is 122 Å². The Morgan fingerprint density at radius 3 is 2.15 bits per heavy atom. The van der Waals surface area contributed by atoms with Crippen LogP contribution in [0.25, 0.3) is 0 Å². The van der Waals surface area contributed by atoms with Gasteiger partial charge in [-0.2, -0.15) is 0 Å². The minimum absolute atomic E-state index is 0.0638. The quantitative estimate of drug-likeness (QED) is 0.604. The number of hydrogen-bond acceptors (Lipinski definition) is 3. The van der Waals surface area contributed by atoms with E-state index in [0.717, 1.165) is 6.42 Å². The predicted molar refractivity (Wildman–Crippen MR) is 80.2 cm³/mol. The van der Waals surface area contributed by atoms with Crippen molar-refractivity contribution in [1.29, 1.82) is 0 Å². The average molecular weight is 286 g/mol. The van der Waals surface area contributed by atoms with Crippen molar-refractivity contribution >= 4 is 11.9 Å². The molecule has 0 aliphatic heterocycles. The van der Waals surface area contributed by atoms with Gasteiger partial charge in [0, 0.05) is 6.04 Å². The van der Waals surface area contributed by atoms with Crippen LogP contribution in [-0.4, -0.2) is 29.1 Å². The number of carbonyl (C=O) groups is 2. The Kier molecular flexibility index (Phi) is 8.46. The number of aliphatic carboxylic acids is 1. The summed E-state index contributed by atoms with van der Waals surface area (Å²) in [4.78, 5) is 23.0. The van der Waals surface area contributed by atoms with Gasteiger partial charge in [0.2, 0.25) is 5.91 Å². The predicted octanol–water partition coefficient (Wildman–Crippen LogP) is 2.00. The molecule has 0 aromatic rings. The summed E-state index contributed by atoms with van der Waals surface area (Å²) in [6.45, 7) is 10.1. The molecular formula is C15H30N2O3. The lowest BCUT2D eigenvalue weighted by Gasteiger charge is -2.29. The molecule has 0 radical (unpaired) electrons. The number of amides is 1. The van der Waals surface area contributed by atoms with Crippen LogP contribution in [0.5, 0.6) is 0 Å². The van der Waals surface area contributed by atoms with Gasteiger partial charge >= 0.3 is 5.97 Å². The lowest BCUT2D eigenvalue weighted by molar-refractivity contribution is -0.138. The number of carbonyl (C=O) groups excluding carboxylic acids is 1. The summed E-state index contributed by atoms with van der Waals surface area (Å²) in [5.74, 6) is -0.365. The molecule has 0 fully saturated rings. The van der Waals surface area contributed by atoms with E-state index in [-0.39, 0.29) is 24.3 Å². The van der Waals surface area contributed by atoms with E-state index in [1.165, 1.54) is 0 Å². The molecule has 0 aliphatic carbocycles. The first-order valence-electron chi connectivity index (χ1n) is 7.46. The minimum Gasteiger partial charge on any atom is -0.481 e. The van der Waals surface area contributed by atoms with E-state index >= 15 is 0 Å². The van der Waals surface area contributed by atoms with E-state index in [4.69, 9.17) is 10.8 Å². The lowest BCUT2D eigenvalue weighted by Crippen LogP contribution is -2.49. The molecule has 0 aliphatic rings. The Balaban J connectivity index is 4.72. The van der Waals surface area contributed by atoms with E-state index in [0.29, 0.717) is 18.3 Å². The van der Waals surface area contributed by atoms with Crippen LogP contribution in [-0.2, 0) is 9.59 Å². The smallest absolute Gasteiger partial charge is 0.305 e. The first-order chi connectivity index (χ1) is 9.18. The lowest BCUT2D eigenvalue weighted by atomic mass is 9.85. The number of rotatable bonds is 9. The minimum atomic E-state index is -0.900. The van der Waals surface area contributed by atoms with Crippen LogP contribution < -0.4 is 11.1 Å². The molecular weight excluding hydrogens is 256 g/mol. The number of hydrogen-bond donors (Lipinski definition) is 3. The molecule has 3 unspecified atom stereocenters. The SMILES string of the molecule is CCC(C)C(C)C(CC(=O)O)NC(=O)[C@@H](N)CC(C)C. The largest absolute Gasteiger partial charge is 0.481 e. The topological polar surface area (TPSA) is 92.4 Å². The second kappa shape index (κ2) is 8.95. The monoisotopic (exact) mass is 286 g/mol. The summed E-state index contributed by atoms with van der Waals surface area (Å²) < 4.78 is 0. The van der Waals surface area contributed by atoms with E-state index in [2.05, 4.69) is 19.2 Å². The summed E-state index contributed by atoms with van der Waals surface area (Å²) in [5.41, 5.74) is 5.85. The van der Waals surface area contributed by atoms with Gasteiger partial charge in [-0.1, -0.05) is 41.0 Å². The highest BCUT2D eigenvalue weighted by atomic mass is 16.4. The normalized spacial score (nSPS) is 17.4. The third-order valence-electron chi connectivity index (χ3n) is 3.96. The van der Waals surface area contributed by atoms with Crippen LogP contribution in [0.15, 0.2) is 0 Å². The fourth-order valence-corrected chi connectivity index (χ4v) is 2.23. The van der Waals surface area contributed by atoms with Crippen molar-refractivity contribution in [2.75, 3.05) is 0 Å². The molecule has 0 heterocycles. The van der Waals surface area contributed by atoms with E-state index in [9.17, 15) is 9.59 Å². The van der Waals surface area contributed by atoms with Gasteiger partial charge in [-0.15, -0.1) is 0 Å².